The van der Waals surface area contributed by atoms with Crippen LogP contribution in [0.2, 0.25) is 0 Å². The predicted molar refractivity (Wildman–Crippen MR) is 149 cm³/mol. The molecule has 0 aromatic heterocycles. The molecule has 0 radical (unpaired) electrons. The summed E-state index contributed by atoms with van der Waals surface area (Å²) in [5, 5.41) is 0. The van der Waals surface area contributed by atoms with Gasteiger partial charge in [-0.05, 0) is 49.4 Å². The van der Waals surface area contributed by atoms with Gasteiger partial charge in [0.15, 0.2) is 0 Å². The zero-order valence-corrected chi connectivity index (χ0v) is 23.2. The fraction of sp³-hybridized carbons (Fsp3) is 0.548. The van der Waals surface area contributed by atoms with Gasteiger partial charge in [-0.25, -0.2) is 0 Å². The van der Waals surface area contributed by atoms with Crippen molar-refractivity contribution >= 4 is 11.8 Å². The molecule has 2 aromatic carbocycles. The van der Waals surface area contributed by atoms with E-state index in [9.17, 15) is 9.59 Å². The number of rotatable bonds is 7. The molecule has 1 spiro atoms. The molecule has 2 amide bonds. The Kier molecular flexibility index (Phi) is 7.25. The molecule has 1 aliphatic carbocycles. The van der Waals surface area contributed by atoms with Gasteiger partial charge in [-0.3, -0.25) is 19.4 Å². The minimum absolute atomic E-state index is 0.0670. The van der Waals surface area contributed by atoms with E-state index in [2.05, 4.69) is 20.8 Å². The highest BCUT2D eigenvalue weighted by Crippen LogP contribution is 2.47. The summed E-state index contributed by atoms with van der Waals surface area (Å²) < 4.78 is 11.0. The summed E-state index contributed by atoms with van der Waals surface area (Å²) in [6.45, 7) is 6.17. The largest absolute Gasteiger partial charge is 0.497 e. The van der Waals surface area contributed by atoms with Crippen molar-refractivity contribution in [3.05, 3.63) is 59.2 Å². The lowest BCUT2D eigenvalue weighted by molar-refractivity contribution is -0.135. The minimum Gasteiger partial charge on any atom is -0.497 e. The van der Waals surface area contributed by atoms with E-state index >= 15 is 0 Å². The van der Waals surface area contributed by atoms with Gasteiger partial charge in [0, 0.05) is 62.5 Å². The highest BCUT2D eigenvalue weighted by molar-refractivity contribution is 6.00. The predicted octanol–water partition coefficient (Wildman–Crippen LogP) is 3.35. The van der Waals surface area contributed by atoms with Gasteiger partial charge >= 0.3 is 0 Å². The number of benzene rings is 2. The van der Waals surface area contributed by atoms with E-state index in [1.54, 1.807) is 14.2 Å². The van der Waals surface area contributed by atoms with Crippen LogP contribution < -0.4 is 9.47 Å². The molecule has 0 N–H and O–H groups in total. The Bertz CT molecular complexity index is 1210. The van der Waals surface area contributed by atoms with Crippen LogP contribution in [0.5, 0.6) is 11.5 Å². The van der Waals surface area contributed by atoms with Gasteiger partial charge in [0.1, 0.15) is 11.5 Å². The fourth-order valence-electron chi connectivity index (χ4n) is 6.94. The number of carbonyl (C=O) groups excluding carboxylic acids is 2. The summed E-state index contributed by atoms with van der Waals surface area (Å²) in [5.41, 5.74) is 2.48. The van der Waals surface area contributed by atoms with Crippen LogP contribution in [0, 0.1) is 0 Å². The molecule has 3 aliphatic heterocycles. The Labute approximate surface area is 231 Å². The standard InChI is InChI=1S/C31H40N4O4/c1-38-25-11-10-23(28(20-25)39-2)21-35-30(37)26-8-3-4-9-27(26)31(35)12-14-32(15-13-31)22-29(36)34-18-16-33(17-19-34)24-6-5-7-24/h3-4,8-11,20,24H,5-7,12-19,21-22H2,1-2H3. The molecule has 1 saturated carbocycles. The van der Waals surface area contributed by atoms with Gasteiger partial charge in [0.2, 0.25) is 5.91 Å². The van der Waals surface area contributed by atoms with Crippen LogP contribution in [0.25, 0.3) is 0 Å². The second-order valence-electron chi connectivity index (χ2n) is 11.4. The third-order valence-electron chi connectivity index (χ3n) is 9.54. The number of nitrogens with zero attached hydrogens (tertiary/aromatic N) is 4. The second kappa shape index (κ2) is 10.8. The molecular formula is C31H40N4O4. The molecule has 6 rings (SSSR count). The summed E-state index contributed by atoms with van der Waals surface area (Å²) in [5.74, 6) is 1.75. The zero-order valence-electron chi connectivity index (χ0n) is 23.2. The number of likely N-dealkylation sites (tertiary alicyclic amines) is 1. The van der Waals surface area contributed by atoms with Gasteiger partial charge in [-0.1, -0.05) is 24.6 Å². The summed E-state index contributed by atoms with van der Waals surface area (Å²) in [6.07, 6.45) is 5.59. The van der Waals surface area contributed by atoms with Crippen LogP contribution >= 0.6 is 0 Å². The first-order valence-corrected chi connectivity index (χ1v) is 14.4. The zero-order chi connectivity index (χ0) is 27.0. The Hall–Kier alpha value is -3.10. The topological polar surface area (TPSA) is 65.6 Å². The Morgan fingerprint density at radius 3 is 2.36 bits per heavy atom. The molecule has 0 bridgehead atoms. The van der Waals surface area contributed by atoms with Gasteiger partial charge in [0.05, 0.1) is 32.8 Å². The molecule has 3 fully saturated rings. The normalized spacial score (nSPS) is 21.6. The molecule has 0 unspecified atom stereocenters. The molecule has 8 heteroatoms. The van der Waals surface area contributed by atoms with Crippen molar-refractivity contribution in [2.75, 3.05) is 60.0 Å². The summed E-state index contributed by atoms with van der Waals surface area (Å²) in [4.78, 5) is 35.9. The van der Waals surface area contributed by atoms with Crippen molar-refractivity contribution in [1.82, 2.24) is 19.6 Å². The average molecular weight is 533 g/mol. The van der Waals surface area contributed by atoms with Crippen LogP contribution in [-0.2, 0) is 16.9 Å². The number of piperidine rings is 1. The third-order valence-corrected chi connectivity index (χ3v) is 9.54. The summed E-state index contributed by atoms with van der Waals surface area (Å²) in [6, 6.07) is 14.6. The molecule has 4 aliphatic rings. The maximum atomic E-state index is 13.7. The van der Waals surface area contributed by atoms with Gasteiger partial charge in [-0.2, -0.15) is 0 Å². The van der Waals surface area contributed by atoms with Crippen LogP contribution in [0.3, 0.4) is 0 Å². The number of ether oxygens (including phenoxy) is 2. The number of amides is 2. The van der Waals surface area contributed by atoms with E-state index in [1.807, 2.05) is 41.3 Å². The summed E-state index contributed by atoms with van der Waals surface area (Å²) in [7, 11) is 3.29. The SMILES string of the molecule is COc1ccc(CN2C(=O)c3ccccc3C23CCN(CC(=O)N2CCN(C4CCC4)CC2)CC3)c(OC)c1. The van der Waals surface area contributed by atoms with E-state index in [1.165, 1.54) is 19.3 Å². The van der Waals surface area contributed by atoms with Crippen molar-refractivity contribution in [3.63, 3.8) is 0 Å². The highest BCUT2D eigenvalue weighted by Gasteiger charge is 2.51. The highest BCUT2D eigenvalue weighted by atomic mass is 16.5. The number of methoxy groups -OCH3 is 2. The van der Waals surface area contributed by atoms with Crippen molar-refractivity contribution in [3.8, 4) is 11.5 Å². The first kappa shape index (κ1) is 26.1. The Morgan fingerprint density at radius 2 is 1.69 bits per heavy atom. The maximum Gasteiger partial charge on any atom is 0.255 e. The molecular weight excluding hydrogens is 492 g/mol. The second-order valence-corrected chi connectivity index (χ2v) is 11.4. The van der Waals surface area contributed by atoms with E-state index in [0.29, 0.717) is 18.8 Å². The lowest BCUT2D eigenvalue weighted by Crippen LogP contribution is -2.56. The van der Waals surface area contributed by atoms with Crippen LogP contribution in [0.4, 0.5) is 0 Å². The molecule has 39 heavy (non-hydrogen) atoms. The average Bonchev–Trinajstić information content (AvgIpc) is 3.16. The Balaban J connectivity index is 1.14. The first-order chi connectivity index (χ1) is 19.0. The number of fused-ring (bicyclic) bond motifs is 2. The monoisotopic (exact) mass is 532 g/mol. The van der Waals surface area contributed by atoms with E-state index < -0.39 is 0 Å². The fourth-order valence-corrected chi connectivity index (χ4v) is 6.94. The van der Waals surface area contributed by atoms with Gasteiger partial charge in [-0.15, -0.1) is 0 Å². The molecule has 2 saturated heterocycles. The van der Waals surface area contributed by atoms with Gasteiger partial charge < -0.3 is 19.3 Å². The number of piperazine rings is 1. The molecule has 2 aromatic rings. The van der Waals surface area contributed by atoms with E-state index in [0.717, 1.165) is 80.6 Å². The lowest BCUT2D eigenvalue weighted by atomic mass is 9.80. The number of hydrogen-bond acceptors (Lipinski definition) is 6. The molecule has 3 heterocycles. The van der Waals surface area contributed by atoms with Crippen molar-refractivity contribution in [2.24, 2.45) is 0 Å². The van der Waals surface area contributed by atoms with Crippen molar-refractivity contribution in [2.45, 2.75) is 50.2 Å². The Morgan fingerprint density at radius 1 is 0.949 bits per heavy atom. The quantitative estimate of drug-likeness (QED) is 0.545. The van der Waals surface area contributed by atoms with Crippen LogP contribution in [0.1, 0.15) is 53.6 Å². The van der Waals surface area contributed by atoms with E-state index in [-0.39, 0.29) is 17.4 Å². The minimum atomic E-state index is -0.382. The van der Waals surface area contributed by atoms with Crippen molar-refractivity contribution in [1.29, 1.82) is 0 Å². The van der Waals surface area contributed by atoms with Crippen molar-refractivity contribution < 1.29 is 19.1 Å². The molecule has 8 nitrogen and oxygen atoms in total. The first-order valence-electron chi connectivity index (χ1n) is 14.4. The number of carbonyl (C=O) groups is 2. The summed E-state index contributed by atoms with van der Waals surface area (Å²) >= 11 is 0. The molecule has 208 valence electrons. The van der Waals surface area contributed by atoms with Gasteiger partial charge in [0.25, 0.3) is 5.91 Å². The van der Waals surface area contributed by atoms with Crippen LogP contribution in [0.15, 0.2) is 42.5 Å². The lowest BCUT2D eigenvalue weighted by Gasteiger charge is -2.46. The van der Waals surface area contributed by atoms with Crippen LogP contribution in [-0.4, -0.2) is 97.5 Å². The number of hydrogen-bond donors (Lipinski definition) is 0. The van der Waals surface area contributed by atoms with E-state index in [4.69, 9.17) is 9.47 Å². The molecule has 0 atom stereocenters. The third kappa shape index (κ3) is 4.78. The smallest absolute Gasteiger partial charge is 0.255 e. The maximum absolute atomic E-state index is 13.7.